The van der Waals surface area contributed by atoms with E-state index in [0.717, 1.165) is 21.3 Å². The fourth-order valence-electron chi connectivity index (χ4n) is 4.31. The molecule has 0 N–H and O–H groups in total. The molecule has 1 fully saturated rings. The molecule has 35 heavy (non-hydrogen) atoms. The van der Waals surface area contributed by atoms with Crippen LogP contribution in [0.1, 0.15) is 24.0 Å². The van der Waals surface area contributed by atoms with Gasteiger partial charge in [0.2, 0.25) is 5.91 Å². The maximum Gasteiger partial charge on any atom is 0.252 e. The van der Waals surface area contributed by atoms with Crippen molar-refractivity contribution < 1.29 is 13.2 Å². The minimum atomic E-state index is -3.51. The predicted molar refractivity (Wildman–Crippen MR) is 143 cm³/mol. The molecule has 2 aromatic heterocycles. The Morgan fingerprint density at radius 2 is 1.86 bits per heavy atom. The summed E-state index contributed by atoms with van der Waals surface area (Å²) >= 11 is 9.00. The highest BCUT2D eigenvalue weighted by atomic mass is 35.5. The number of rotatable bonds is 6. The molecule has 1 aliphatic rings. The number of hydrogen-bond acceptors (Lipinski definition) is 6. The van der Waals surface area contributed by atoms with E-state index in [-0.39, 0.29) is 11.8 Å². The van der Waals surface area contributed by atoms with E-state index in [9.17, 15) is 13.2 Å². The Kier molecular flexibility index (Phi) is 6.96. The first-order valence-electron chi connectivity index (χ1n) is 11.3. The number of thiazole rings is 1. The fraction of sp³-hybridized carbons (Fsp3) is 0.280. The van der Waals surface area contributed by atoms with E-state index in [1.165, 1.54) is 27.0 Å². The molecule has 182 valence electrons. The van der Waals surface area contributed by atoms with Gasteiger partial charge in [-0.1, -0.05) is 59.3 Å². The Labute approximate surface area is 217 Å². The monoisotopic (exact) mass is 545 g/mol. The summed E-state index contributed by atoms with van der Waals surface area (Å²) < 4.78 is 28.6. The molecule has 3 heterocycles. The normalized spacial score (nSPS) is 15.5. The van der Waals surface area contributed by atoms with E-state index in [4.69, 9.17) is 16.6 Å². The number of sulfonamides is 1. The molecule has 0 atom stereocenters. The summed E-state index contributed by atoms with van der Waals surface area (Å²) in [7, 11) is -3.51. The van der Waals surface area contributed by atoms with Crippen LogP contribution in [-0.2, 0) is 21.4 Å². The largest absolute Gasteiger partial charge is 0.283 e. The maximum absolute atomic E-state index is 13.8. The molecule has 0 bridgehead atoms. The Bertz CT molecular complexity index is 1450. The van der Waals surface area contributed by atoms with E-state index in [2.05, 4.69) is 0 Å². The third-order valence-electron chi connectivity index (χ3n) is 6.31. The average Bonchev–Trinajstić information content (AvgIpc) is 3.57. The van der Waals surface area contributed by atoms with E-state index in [0.29, 0.717) is 46.8 Å². The van der Waals surface area contributed by atoms with Crippen molar-refractivity contribution in [1.29, 1.82) is 0 Å². The van der Waals surface area contributed by atoms with Crippen LogP contribution in [0.5, 0.6) is 0 Å². The molecule has 0 saturated carbocycles. The zero-order valence-corrected chi connectivity index (χ0v) is 22.3. The van der Waals surface area contributed by atoms with Crippen molar-refractivity contribution >= 4 is 65.6 Å². The van der Waals surface area contributed by atoms with Crippen molar-refractivity contribution in [2.24, 2.45) is 5.92 Å². The van der Waals surface area contributed by atoms with E-state index < -0.39 is 10.0 Å². The summed E-state index contributed by atoms with van der Waals surface area (Å²) in [6, 6.07) is 17.0. The number of carbonyl (C=O) groups is 1. The Balaban J connectivity index is 1.40. The molecule has 0 spiro atoms. The van der Waals surface area contributed by atoms with Gasteiger partial charge in [-0.2, -0.15) is 4.31 Å². The van der Waals surface area contributed by atoms with Gasteiger partial charge < -0.3 is 0 Å². The van der Waals surface area contributed by atoms with Crippen LogP contribution >= 0.6 is 34.3 Å². The molecule has 4 aromatic rings. The number of hydrogen-bond donors (Lipinski definition) is 0. The number of fused-ring (bicyclic) bond motifs is 1. The van der Waals surface area contributed by atoms with Gasteiger partial charge in [0.1, 0.15) is 4.21 Å². The van der Waals surface area contributed by atoms with Gasteiger partial charge in [0.15, 0.2) is 5.13 Å². The van der Waals surface area contributed by atoms with Gasteiger partial charge in [0, 0.05) is 24.0 Å². The van der Waals surface area contributed by atoms with Crippen molar-refractivity contribution in [2.75, 3.05) is 18.0 Å². The Morgan fingerprint density at radius 3 is 2.54 bits per heavy atom. The van der Waals surface area contributed by atoms with Gasteiger partial charge in [-0.25, -0.2) is 13.4 Å². The van der Waals surface area contributed by atoms with Gasteiger partial charge in [-0.3, -0.25) is 9.69 Å². The van der Waals surface area contributed by atoms with Crippen molar-refractivity contribution in [1.82, 2.24) is 9.29 Å². The fourth-order valence-corrected chi connectivity index (χ4v) is 8.11. The smallest absolute Gasteiger partial charge is 0.252 e. The lowest BCUT2D eigenvalue weighted by Gasteiger charge is -2.32. The molecule has 6 nitrogen and oxygen atoms in total. The van der Waals surface area contributed by atoms with Crippen LogP contribution in [0.2, 0.25) is 5.02 Å². The first-order valence-corrected chi connectivity index (χ1v) is 14.8. The molecule has 1 aliphatic heterocycles. The van der Waals surface area contributed by atoms with Crippen LogP contribution in [0.4, 0.5) is 5.13 Å². The highest BCUT2D eigenvalue weighted by Crippen LogP contribution is 2.36. The lowest BCUT2D eigenvalue weighted by molar-refractivity contribution is -0.123. The van der Waals surface area contributed by atoms with Gasteiger partial charge in [0.25, 0.3) is 10.0 Å². The molecule has 0 unspecified atom stereocenters. The molecule has 1 amide bonds. The summed E-state index contributed by atoms with van der Waals surface area (Å²) in [5.74, 6) is -0.296. The van der Waals surface area contributed by atoms with E-state index >= 15 is 0 Å². The van der Waals surface area contributed by atoms with Crippen LogP contribution in [0.25, 0.3) is 10.2 Å². The average molecular weight is 546 g/mol. The molecular weight excluding hydrogens is 522 g/mol. The lowest BCUT2D eigenvalue weighted by atomic mass is 9.96. The number of aromatic nitrogens is 1. The summed E-state index contributed by atoms with van der Waals surface area (Å²) in [6.07, 6.45) is 0.953. The predicted octanol–water partition coefficient (Wildman–Crippen LogP) is 5.95. The summed E-state index contributed by atoms with van der Waals surface area (Å²) in [5.41, 5.74) is 2.71. The summed E-state index contributed by atoms with van der Waals surface area (Å²) in [5, 5.41) is 3.04. The molecule has 0 radical (unpaired) electrons. The third kappa shape index (κ3) is 4.88. The quantitative estimate of drug-likeness (QED) is 0.300. The molecular formula is C25H24ClN3O3S3. The van der Waals surface area contributed by atoms with Crippen LogP contribution in [0.15, 0.2) is 64.2 Å². The van der Waals surface area contributed by atoms with Crippen molar-refractivity contribution in [3.63, 3.8) is 0 Å². The van der Waals surface area contributed by atoms with Crippen molar-refractivity contribution in [3.05, 3.63) is 76.1 Å². The van der Waals surface area contributed by atoms with Crippen LogP contribution in [-0.4, -0.2) is 36.7 Å². The number of thiophene rings is 1. The van der Waals surface area contributed by atoms with Crippen LogP contribution < -0.4 is 4.90 Å². The molecule has 0 aliphatic carbocycles. The lowest BCUT2D eigenvalue weighted by Crippen LogP contribution is -2.44. The SMILES string of the molecule is Cc1c(Cl)ccc2sc(N(Cc3ccccc3)C(=O)C3CCN(S(=O)(=O)c4cccs4)CC3)nc12. The minimum Gasteiger partial charge on any atom is -0.283 e. The zero-order valence-electron chi connectivity index (χ0n) is 19.1. The minimum absolute atomic E-state index is 0.0233. The molecule has 1 saturated heterocycles. The Hall–Kier alpha value is -2.30. The third-order valence-corrected chi connectivity index (χ3v) is 11.0. The Morgan fingerprint density at radius 1 is 1.11 bits per heavy atom. The second-order valence-corrected chi connectivity index (χ2v) is 13.1. The number of aryl methyl sites for hydroxylation is 1. The number of benzene rings is 2. The van der Waals surface area contributed by atoms with Gasteiger partial charge in [0.05, 0.1) is 16.8 Å². The van der Waals surface area contributed by atoms with Crippen molar-refractivity contribution in [2.45, 2.75) is 30.5 Å². The first kappa shape index (κ1) is 24.4. The molecule has 5 rings (SSSR count). The highest BCUT2D eigenvalue weighted by Gasteiger charge is 2.35. The second-order valence-electron chi connectivity index (χ2n) is 8.54. The number of anilines is 1. The molecule has 10 heteroatoms. The van der Waals surface area contributed by atoms with E-state index in [1.54, 1.807) is 22.4 Å². The number of piperidine rings is 1. The summed E-state index contributed by atoms with van der Waals surface area (Å²) in [6.45, 7) is 2.98. The molecule has 2 aromatic carbocycles. The van der Waals surface area contributed by atoms with Gasteiger partial charge in [-0.05, 0) is 54.5 Å². The van der Waals surface area contributed by atoms with Gasteiger partial charge >= 0.3 is 0 Å². The summed E-state index contributed by atoms with van der Waals surface area (Å²) in [4.78, 5) is 20.4. The topological polar surface area (TPSA) is 70.6 Å². The van der Waals surface area contributed by atoms with Crippen LogP contribution in [0.3, 0.4) is 0 Å². The van der Waals surface area contributed by atoms with Crippen LogP contribution in [0, 0.1) is 12.8 Å². The number of amides is 1. The standard InChI is InChI=1S/C25H24ClN3O3S3/c1-17-20(26)9-10-21-23(17)27-25(34-21)29(16-18-6-3-2-4-7-18)24(30)19-11-13-28(14-12-19)35(31,32)22-8-5-15-33-22/h2-10,15,19H,11-14,16H2,1H3. The first-order chi connectivity index (χ1) is 16.8. The number of halogens is 1. The zero-order chi connectivity index (χ0) is 24.6. The number of nitrogens with zero attached hydrogens (tertiary/aromatic N) is 3. The second kappa shape index (κ2) is 9.99. The van der Waals surface area contributed by atoms with E-state index in [1.807, 2.05) is 49.4 Å². The van der Waals surface area contributed by atoms with Gasteiger partial charge in [-0.15, -0.1) is 11.3 Å². The number of carbonyl (C=O) groups excluding carboxylic acids is 1. The van der Waals surface area contributed by atoms with Crippen molar-refractivity contribution in [3.8, 4) is 0 Å². The maximum atomic E-state index is 13.8. The highest BCUT2D eigenvalue weighted by molar-refractivity contribution is 7.91.